The molecule has 1 aliphatic carbocycles. The van der Waals surface area contributed by atoms with Gasteiger partial charge in [0.05, 0.1) is 16.0 Å². The standard InChI is InChI=1S/C12H16BrN3O3/c1-8-10(16(18)19)7-14-12(11(8)13)15(5-6-17)9-3-2-4-9/h7,9,17H,2-6H2,1H3. The highest BCUT2D eigenvalue weighted by atomic mass is 79.9. The first-order valence-corrected chi connectivity index (χ1v) is 7.02. The van der Waals surface area contributed by atoms with Crippen molar-refractivity contribution in [2.75, 3.05) is 18.1 Å². The lowest BCUT2D eigenvalue weighted by Crippen LogP contribution is -2.42. The summed E-state index contributed by atoms with van der Waals surface area (Å²) in [6.07, 6.45) is 4.61. The molecule has 19 heavy (non-hydrogen) atoms. The van der Waals surface area contributed by atoms with Crippen LogP contribution in [0.2, 0.25) is 0 Å². The van der Waals surface area contributed by atoms with Gasteiger partial charge in [-0.1, -0.05) is 0 Å². The molecule has 104 valence electrons. The van der Waals surface area contributed by atoms with Crippen LogP contribution in [-0.4, -0.2) is 34.2 Å². The number of nitrogens with zero attached hydrogens (tertiary/aromatic N) is 3. The molecule has 1 saturated carbocycles. The van der Waals surface area contributed by atoms with Gasteiger partial charge in [0.2, 0.25) is 0 Å². The van der Waals surface area contributed by atoms with Gasteiger partial charge in [0.15, 0.2) is 0 Å². The van der Waals surface area contributed by atoms with Gasteiger partial charge in [0, 0.05) is 18.2 Å². The Labute approximate surface area is 119 Å². The molecule has 0 spiro atoms. The van der Waals surface area contributed by atoms with Crippen LogP contribution in [0, 0.1) is 17.0 Å². The Hall–Kier alpha value is -1.21. The molecule has 2 rings (SSSR count). The lowest BCUT2D eigenvalue weighted by Gasteiger charge is -2.38. The van der Waals surface area contributed by atoms with Crippen molar-refractivity contribution in [3.8, 4) is 0 Å². The molecule has 7 heteroatoms. The first-order valence-electron chi connectivity index (χ1n) is 6.23. The number of pyridine rings is 1. The average Bonchev–Trinajstić information content (AvgIpc) is 2.29. The van der Waals surface area contributed by atoms with Crippen LogP contribution in [0.25, 0.3) is 0 Å². The van der Waals surface area contributed by atoms with Crippen molar-refractivity contribution in [3.05, 3.63) is 26.3 Å². The minimum atomic E-state index is -0.434. The van der Waals surface area contributed by atoms with Crippen LogP contribution >= 0.6 is 15.9 Å². The zero-order valence-corrected chi connectivity index (χ0v) is 12.3. The molecule has 0 aliphatic heterocycles. The predicted molar refractivity (Wildman–Crippen MR) is 75.4 cm³/mol. The van der Waals surface area contributed by atoms with E-state index in [1.807, 2.05) is 4.90 Å². The molecule has 1 aromatic heterocycles. The van der Waals surface area contributed by atoms with E-state index in [0.717, 1.165) is 12.8 Å². The second-order valence-corrected chi connectivity index (χ2v) is 5.46. The highest BCUT2D eigenvalue weighted by molar-refractivity contribution is 9.10. The van der Waals surface area contributed by atoms with E-state index in [9.17, 15) is 15.2 Å². The summed E-state index contributed by atoms with van der Waals surface area (Å²) < 4.78 is 0.641. The van der Waals surface area contributed by atoms with Crippen molar-refractivity contribution in [2.24, 2.45) is 0 Å². The van der Waals surface area contributed by atoms with Crippen molar-refractivity contribution >= 4 is 27.4 Å². The molecule has 1 aliphatic rings. The van der Waals surface area contributed by atoms with Crippen LogP contribution in [0.15, 0.2) is 10.7 Å². The van der Waals surface area contributed by atoms with E-state index in [2.05, 4.69) is 20.9 Å². The molecule has 0 bridgehead atoms. The Morgan fingerprint density at radius 3 is 2.79 bits per heavy atom. The first-order chi connectivity index (χ1) is 9.06. The van der Waals surface area contributed by atoms with Crippen molar-refractivity contribution in [1.82, 2.24) is 4.98 Å². The Morgan fingerprint density at radius 2 is 2.32 bits per heavy atom. The van der Waals surface area contributed by atoms with Crippen LogP contribution in [-0.2, 0) is 0 Å². The second-order valence-electron chi connectivity index (χ2n) is 4.66. The first kappa shape index (κ1) is 14.2. The van der Waals surface area contributed by atoms with E-state index in [1.165, 1.54) is 12.6 Å². The Balaban J connectivity index is 2.37. The van der Waals surface area contributed by atoms with E-state index in [0.29, 0.717) is 28.4 Å². The molecular formula is C12H16BrN3O3. The van der Waals surface area contributed by atoms with E-state index < -0.39 is 4.92 Å². The fraction of sp³-hybridized carbons (Fsp3) is 0.583. The number of aliphatic hydroxyl groups excluding tert-OH is 1. The Bertz CT molecular complexity index is 491. The van der Waals surface area contributed by atoms with Crippen molar-refractivity contribution in [1.29, 1.82) is 0 Å². The van der Waals surface area contributed by atoms with Gasteiger partial charge in [-0.05, 0) is 42.1 Å². The molecular weight excluding hydrogens is 314 g/mol. The molecule has 0 saturated heterocycles. The van der Waals surface area contributed by atoms with Crippen molar-refractivity contribution in [3.63, 3.8) is 0 Å². The van der Waals surface area contributed by atoms with Crippen molar-refractivity contribution < 1.29 is 10.0 Å². The third kappa shape index (κ3) is 2.71. The molecule has 1 N–H and O–H groups in total. The van der Waals surface area contributed by atoms with E-state index in [1.54, 1.807) is 6.92 Å². The van der Waals surface area contributed by atoms with Gasteiger partial charge in [0.1, 0.15) is 12.0 Å². The third-order valence-electron chi connectivity index (χ3n) is 3.54. The van der Waals surface area contributed by atoms with E-state index in [4.69, 9.17) is 0 Å². The molecule has 1 heterocycles. The van der Waals surface area contributed by atoms with Crippen LogP contribution in [0.1, 0.15) is 24.8 Å². The zero-order chi connectivity index (χ0) is 14.0. The molecule has 1 aromatic rings. The van der Waals surface area contributed by atoms with E-state index in [-0.39, 0.29) is 12.3 Å². The second kappa shape index (κ2) is 5.83. The third-order valence-corrected chi connectivity index (χ3v) is 4.49. The molecule has 0 aromatic carbocycles. The van der Waals surface area contributed by atoms with Gasteiger partial charge in [-0.3, -0.25) is 10.1 Å². The smallest absolute Gasteiger partial charge is 0.291 e. The number of halogens is 1. The van der Waals surface area contributed by atoms with Crippen LogP contribution in [0.5, 0.6) is 0 Å². The van der Waals surface area contributed by atoms with Gasteiger partial charge in [-0.25, -0.2) is 4.98 Å². The number of hydrogen-bond acceptors (Lipinski definition) is 5. The summed E-state index contributed by atoms with van der Waals surface area (Å²) in [5.41, 5.74) is 0.574. The summed E-state index contributed by atoms with van der Waals surface area (Å²) in [7, 11) is 0. The summed E-state index contributed by atoms with van der Waals surface area (Å²) >= 11 is 3.40. The minimum absolute atomic E-state index is 0.00758. The fourth-order valence-corrected chi connectivity index (χ4v) is 2.74. The molecule has 0 atom stereocenters. The maximum atomic E-state index is 10.9. The highest BCUT2D eigenvalue weighted by Crippen LogP contribution is 2.36. The monoisotopic (exact) mass is 329 g/mol. The van der Waals surface area contributed by atoms with Crippen LogP contribution < -0.4 is 4.90 Å². The normalized spacial score (nSPS) is 15.1. The number of anilines is 1. The van der Waals surface area contributed by atoms with Gasteiger partial charge in [-0.2, -0.15) is 0 Å². The summed E-state index contributed by atoms with van der Waals surface area (Å²) in [6, 6.07) is 0.372. The largest absolute Gasteiger partial charge is 0.395 e. The van der Waals surface area contributed by atoms with E-state index >= 15 is 0 Å². The molecule has 1 fully saturated rings. The summed E-state index contributed by atoms with van der Waals surface area (Å²) in [4.78, 5) is 16.7. The summed E-state index contributed by atoms with van der Waals surface area (Å²) in [5.74, 6) is 0.682. The minimum Gasteiger partial charge on any atom is -0.395 e. The summed E-state index contributed by atoms with van der Waals surface area (Å²) in [6.45, 7) is 2.24. The maximum Gasteiger partial charge on any atom is 0.291 e. The highest BCUT2D eigenvalue weighted by Gasteiger charge is 2.29. The number of nitro groups is 1. The number of aliphatic hydroxyl groups is 1. The van der Waals surface area contributed by atoms with Gasteiger partial charge in [-0.15, -0.1) is 0 Å². The Kier molecular flexibility index (Phi) is 4.36. The molecule has 0 amide bonds. The average molecular weight is 330 g/mol. The molecule has 0 unspecified atom stereocenters. The molecule has 0 radical (unpaired) electrons. The predicted octanol–water partition coefficient (Wildman–Crippen LogP) is 2.41. The number of rotatable bonds is 5. The summed E-state index contributed by atoms with van der Waals surface area (Å²) in [5, 5.41) is 20.0. The number of hydrogen-bond donors (Lipinski definition) is 1. The Morgan fingerprint density at radius 1 is 1.63 bits per heavy atom. The van der Waals surface area contributed by atoms with Crippen molar-refractivity contribution in [2.45, 2.75) is 32.2 Å². The van der Waals surface area contributed by atoms with Gasteiger partial charge >= 0.3 is 0 Å². The SMILES string of the molecule is Cc1c([N+](=O)[O-])cnc(N(CCO)C2CCC2)c1Br. The maximum absolute atomic E-state index is 10.9. The van der Waals surface area contributed by atoms with Gasteiger partial charge < -0.3 is 10.0 Å². The quantitative estimate of drug-likeness (QED) is 0.662. The van der Waals surface area contributed by atoms with Gasteiger partial charge in [0.25, 0.3) is 5.69 Å². The zero-order valence-electron chi connectivity index (χ0n) is 10.7. The fourth-order valence-electron chi connectivity index (χ4n) is 2.21. The van der Waals surface area contributed by atoms with Crippen LogP contribution in [0.4, 0.5) is 11.5 Å². The topological polar surface area (TPSA) is 79.5 Å². The lowest BCUT2D eigenvalue weighted by molar-refractivity contribution is -0.385. The van der Waals surface area contributed by atoms with Crippen LogP contribution in [0.3, 0.4) is 0 Å². The number of aromatic nitrogens is 1. The molecule has 6 nitrogen and oxygen atoms in total. The lowest BCUT2D eigenvalue weighted by atomic mass is 9.91.